The van der Waals surface area contributed by atoms with Gasteiger partial charge in [0.25, 0.3) is 0 Å². The topological polar surface area (TPSA) is 96.7 Å². The standard InChI is InChI=1S/C42H33NO4/c1-21-22(2)24(4)34-33(23(21)3)35(27-16-14-26(15-17-27)25-10-6-5-7-11-25)37-38(40(45)42(47)41(46)39(37)44)36(34)28-18-19-32-30(20-28)29-12-8-9-13-31(29)43-32/h5-20,43-47H,1-4H3. The number of fused-ring (bicyclic) bond motifs is 5. The first kappa shape index (κ1) is 28.5. The Morgan fingerprint density at radius 2 is 0.851 bits per heavy atom. The maximum absolute atomic E-state index is 11.7. The second-order valence-electron chi connectivity index (χ2n) is 12.5. The molecule has 5 heteroatoms. The number of para-hydroxylation sites is 1. The molecule has 0 radical (unpaired) electrons. The smallest absolute Gasteiger partial charge is 0.204 e. The summed E-state index contributed by atoms with van der Waals surface area (Å²) in [6.07, 6.45) is 0. The number of benzene rings is 7. The lowest BCUT2D eigenvalue weighted by Gasteiger charge is -2.25. The third kappa shape index (κ3) is 4.03. The Balaban J connectivity index is 1.58. The number of phenols is 4. The lowest BCUT2D eigenvalue weighted by molar-refractivity contribution is 0.351. The Kier molecular flexibility index (Phi) is 6.25. The van der Waals surface area contributed by atoms with E-state index >= 15 is 0 Å². The van der Waals surface area contributed by atoms with E-state index < -0.39 is 23.0 Å². The number of hydrogen-bond acceptors (Lipinski definition) is 4. The highest BCUT2D eigenvalue weighted by atomic mass is 16.3. The van der Waals surface area contributed by atoms with E-state index in [2.05, 4.69) is 56.9 Å². The number of aromatic nitrogens is 1. The number of phenolic OH excluding ortho intramolecular Hbond substituents is 4. The fraction of sp³-hybridized carbons (Fsp3) is 0.0952. The van der Waals surface area contributed by atoms with Crippen LogP contribution in [0.15, 0.2) is 97.1 Å². The normalized spacial score (nSPS) is 11.7. The minimum absolute atomic E-state index is 0.275. The molecule has 0 saturated heterocycles. The molecule has 0 atom stereocenters. The summed E-state index contributed by atoms with van der Waals surface area (Å²) in [5, 5.41) is 49.9. The van der Waals surface area contributed by atoms with Crippen LogP contribution in [0.2, 0.25) is 0 Å². The van der Waals surface area contributed by atoms with Crippen molar-refractivity contribution in [3.05, 3.63) is 119 Å². The number of H-pyrrole nitrogens is 1. The zero-order chi connectivity index (χ0) is 32.7. The summed E-state index contributed by atoms with van der Waals surface area (Å²) in [5.41, 5.74) is 11.4. The zero-order valence-corrected chi connectivity index (χ0v) is 26.5. The van der Waals surface area contributed by atoms with E-state index in [-0.39, 0.29) is 10.8 Å². The van der Waals surface area contributed by atoms with Crippen LogP contribution in [0.3, 0.4) is 0 Å². The van der Waals surface area contributed by atoms with Gasteiger partial charge >= 0.3 is 0 Å². The average Bonchev–Trinajstić information content (AvgIpc) is 3.48. The van der Waals surface area contributed by atoms with Crippen molar-refractivity contribution in [1.29, 1.82) is 0 Å². The van der Waals surface area contributed by atoms with Gasteiger partial charge in [-0.05, 0) is 101 Å². The van der Waals surface area contributed by atoms with Crippen LogP contribution in [0.25, 0.3) is 76.7 Å². The Bertz CT molecular complexity index is 2500. The summed E-state index contributed by atoms with van der Waals surface area (Å²) in [4.78, 5) is 3.49. The van der Waals surface area contributed by atoms with Crippen LogP contribution in [0.4, 0.5) is 0 Å². The highest BCUT2D eigenvalue weighted by Gasteiger charge is 2.29. The minimum atomic E-state index is -0.757. The SMILES string of the molecule is Cc1c(C)c(C)c2c(-c3ccc4[nH]c5ccccc5c4c3)c3c(O)c(O)c(O)c(O)c3c(-c3ccc(-c4ccccc4)cc3)c2c1C. The van der Waals surface area contributed by atoms with Gasteiger partial charge in [-0.1, -0.05) is 78.9 Å². The van der Waals surface area contributed by atoms with E-state index in [1.807, 2.05) is 72.8 Å². The number of aromatic hydroxyl groups is 4. The van der Waals surface area contributed by atoms with Gasteiger partial charge in [0, 0.05) is 43.7 Å². The predicted octanol–water partition coefficient (Wildman–Crippen LogP) is 10.7. The van der Waals surface area contributed by atoms with E-state index in [1.165, 1.54) is 0 Å². The summed E-state index contributed by atoms with van der Waals surface area (Å²) >= 11 is 0. The third-order valence-corrected chi connectivity index (χ3v) is 10.2. The van der Waals surface area contributed by atoms with E-state index in [0.717, 1.165) is 77.1 Å². The molecule has 47 heavy (non-hydrogen) atoms. The van der Waals surface area contributed by atoms with Crippen LogP contribution >= 0.6 is 0 Å². The molecule has 5 N–H and O–H groups in total. The lowest BCUT2D eigenvalue weighted by Crippen LogP contribution is -2.00. The van der Waals surface area contributed by atoms with Gasteiger partial charge < -0.3 is 25.4 Å². The summed E-state index contributed by atoms with van der Waals surface area (Å²) in [5.74, 6) is -2.48. The first-order chi connectivity index (χ1) is 22.7. The molecule has 0 spiro atoms. The third-order valence-electron chi connectivity index (χ3n) is 10.2. The van der Waals surface area contributed by atoms with E-state index in [0.29, 0.717) is 11.1 Å². The molecule has 0 fully saturated rings. The van der Waals surface area contributed by atoms with Crippen LogP contribution < -0.4 is 0 Å². The molecule has 8 aromatic rings. The summed E-state index contributed by atoms with van der Waals surface area (Å²) in [6, 6.07) is 32.5. The van der Waals surface area contributed by atoms with Gasteiger partial charge in [-0.25, -0.2) is 0 Å². The second kappa shape index (κ2) is 10.3. The zero-order valence-electron chi connectivity index (χ0n) is 26.5. The Morgan fingerprint density at radius 3 is 1.47 bits per heavy atom. The van der Waals surface area contributed by atoms with Crippen LogP contribution in [-0.4, -0.2) is 25.4 Å². The molecule has 1 aromatic heterocycles. The molecule has 1 heterocycles. The molecule has 7 aromatic carbocycles. The van der Waals surface area contributed by atoms with E-state index in [1.54, 1.807) is 0 Å². The fourth-order valence-electron chi connectivity index (χ4n) is 7.41. The Morgan fingerprint density at radius 1 is 0.383 bits per heavy atom. The monoisotopic (exact) mass is 615 g/mol. The maximum atomic E-state index is 11.7. The van der Waals surface area contributed by atoms with Crippen LogP contribution in [0.5, 0.6) is 23.0 Å². The number of rotatable bonds is 3. The quantitative estimate of drug-likeness (QED) is 0.0776. The molecule has 8 rings (SSSR count). The second-order valence-corrected chi connectivity index (χ2v) is 12.5. The van der Waals surface area contributed by atoms with Crippen molar-refractivity contribution in [2.75, 3.05) is 0 Å². The fourth-order valence-corrected chi connectivity index (χ4v) is 7.41. The predicted molar refractivity (Wildman–Crippen MR) is 193 cm³/mol. The molecule has 0 amide bonds. The van der Waals surface area contributed by atoms with Crippen molar-refractivity contribution in [1.82, 2.24) is 4.98 Å². The number of aromatic amines is 1. The highest BCUT2D eigenvalue weighted by molar-refractivity contribution is 6.27. The van der Waals surface area contributed by atoms with Gasteiger partial charge in [-0.3, -0.25) is 0 Å². The van der Waals surface area contributed by atoms with Gasteiger partial charge in [0.15, 0.2) is 11.5 Å². The van der Waals surface area contributed by atoms with Gasteiger partial charge in [-0.2, -0.15) is 0 Å². The molecule has 0 aliphatic heterocycles. The van der Waals surface area contributed by atoms with Gasteiger partial charge in [0.2, 0.25) is 11.5 Å². The van der Waals surface area contributed by atoms with Gasteiger partial charge in [0.1, 0.15) is 0 Å². The summed E-state index contributed by atoms with van der Waals surface area (Å²) < 4.78 is 0. The molecule has 0 aliphatic rings. The summed E-state index contributed by atoms with van der Waals surface area (Å²) in [7, 11) is 0. The largest absolute Gasteiger partial charge is 0.504 e. The molecular weight excluding hydrogens is 582 g/mol. The molecule has 230 valence electrons. The first-order valence-electron chi connectivity index (χ1n) is 15.7. The number of hydrogen-bond donors (Lipinski definition) is 5. The maximum Gasteiger partial charge on any atom is 0.204 e. The summed E-state index contributed by atoms with van der Waals surface area (Å²) in [6.45, 7) is 8.38. The molecule has 0 bridgehead atoms. The van der Waals surface area contributed by atoms with Crippen molar-refractivity contribution in [3.8, 4) is 56.4 Å². The van der Waals surface area contributed by atoms with Crippen molar-refractivity contribution in [2.45, 2.75) is 27.7 Å². The molecule has 0 aliphatic carbocycles. The van der Waals surface area contributed by atoms with Crippen LogP contribution in [0.1, 0.15) is 22.3 Å². The van der Waals surface area contributed by atoms with Crippen molar-refractivity contribution in [3.63, 3.8) is 0 Å². The molecular formula is C42H33NO4. The highest BCUT2D eigenvalue weighted by Crippen LogP contribution is 2.58. The van der Waals surface area contributed by atoms with Crippen LogP contribution in [0, 0.1) is 27.7 Å². The number of nitrogens with one attached hydrogen (secondary N) is 1. The van der Waals surface area contributed by atoms with Crippen LogP contribution in [-0.2, 0) is 0 Å². The van der Waals surface area contributed by atoms with E-state index in [9.17, 15) is 20.4 Å². The van der Waals surface area contributed by atoms with E-state index in [4.69, 9.17) is 0 Å². The minimum Gasteiger partial charge on any atom is -0.504 e. The molecule has 5 nitrogen and oxygen atoms in total. The van der Waals surface area contributed by atoms with Crippen molar-refractivity contribution >= 4 is 43.4 Å². The van der Waals surface area contributed by atoms with Crippen molar-refractivity contribution in [2.24, 2.45) is 0 Å². The van der Waals surface area contributed by atoms with Gasteiger partial charge in [-0.15, -0.1) is 0 Å². The van der Waals surface area contributed by atoms with Gasteiger partial charge in [0.05, 0.1) is 0 Å². The molecule has 0 saturated carbocycles. The average molecular weight is 616 g/mol. The number of aryl methyl sites for hydroxylation is 2. The first-order valence-corrected chi connectivity index (χ1v) is 15.7. The Labute approximate surface area is 271 Å². The lowest BCUT2D eigenvalue weighted by atomic mass is 9.79. The van der Waals surface area contributed by atoms with Crippen molar-refractivity contribution < 1.29 is 20.4 Å². The molecule has 0 unspecified atom stereocenters. The Hall–Kier alpha value is -5.94.